The summed E-state index contributed by atoms with van der Waals surface area (Å²) in [4.78, 5) is 24.9. The zero-order valence-corrected chi connectivity index (χ0v) is 25.6. The number of hydrogen-bond donors (Lipinski definition) is 1. The van der Waals surface area contributed by atoms with E-state index in [-0.39, 0.29) is 40.6 Å². The van der Waals surface area contributed by atoms with Gasteiger partial charge in [0.05, 0.1) is 5.56 Å². The summed E-state index contributed by atoms with van der Waals surface area (Å²) in [6, 6.07) is 4.04. The molecule has 10 heteroatoms. The summed E-state index contributed by atoms with van der Waals surface area (Å²) >= 11 is 0. The van der Waals surface area contributed by atoms with Crippen LogP contribution in [0.1, 0.15) is 76.6 Å². The molecule has 0 aliphatic carbocycles. The van der Waals surface area contributed by atoms with Crippen LogP contribution < -0.4 is 15.0 Å². The van der Waals surface area contributed by atoms with Crippen molar-refractivity contribution >= 4 is 11.7 Å². The molecule has 1 spiro atoms. The van der Waals surface area contributed by atoms with Crippen molar-refractivity contribution in [1.29, 1.82) is 0 Å². The van der Waals surface area contributed by atoms with Gasteiger partial charge in [0.15, 0.2) is 5.82 Å². The maximum atomic E-state index is 14.5. The second kappa shape index (κ2) is 13.5. The molecule has 1 atom stereocenters. The van der Waals surface area contributed by atoms with Gasteiger partial charge in [-0.1, -0.05) is 31.4 Å². The zero-order valence-electron chi connectivity index (χ0n) is 25.6. The number of anilines is 1. The number of likely N-dealkylation sites (tertiary alicyclic amines) is 1. The van der Waals surface area contributed by atoms with Gasteiger partial charge >= 0.3 is 0 Å². The first kappa shape index (κ1) is 30.4. The van der Waals surface area contributed by atoms with Crippen LogP contribution in [0.4, 0.5) is 10.2 Å². The Morgan fingerprint density at radius 2 is 2.00 bits per heavy atom. The summed E-state index contributed by atoms with van der Waals surface area (Å²) in [5.74, 6) is 0.363. The van der Waals surface area contributed by atoms with Crippen molar-refractivity contribution in [2.45, 2.75) is 78.3 Å². The van der Waals surface area contributed by atoms with Crippen molar-refractivity contribution in [2.24, 2.45) is 5.41 Å². The van der Waals surface area contributed by atoms with Crippen molar-refractivity contribution in [2.75, 3.05) is 50.7 Å². The fourth-order valence-corrected chi connectivity index (χ4v) is 6.64. The number of carbonyl (C=O) groups is 1. The van der Waals surface area contributed by atoms with Crippen molar-refractivity contribution in [3.05, 3.63) is 47.6 Å². The highest BCUT2D eigenvalue weighted by Gasteiger charge is 2.46. The molecule has 2 saturated heterocycles. The van der Waals surface area contributed by atoms with Crippen LogP contribution in [-0.4, -0.2) is 88.8 Å². The maximum Gasteiger partial charge on any atom is 0.282 e. The van der Waals surface area contributed by atoms with Gasteiger partial charge in [-0.25, -0.2) is 9.37 Å². The van der Waals surface area contributed by atoms with E-state index in [1.807, 2.05) is 25.7 Å². The van der Waals surface area contributed by atoms with E-state index in [4.69, 9.17) is 4.74 Å². The highest BCUT2D eigenvalue weighted by molar-refractivity contribution is 5.97. The lowest BCUT2D eigenvalue weighted by molar-refractivity contribution is 0.0611. The van der Waals surface area contributed by atoms with Crippen LogP contribution in [0.3, 0.4) is 0 Å². The second-order valence-corrected chi connectivity index (χ2v) is 12.6. The van der Waals surface area contributed by atoms with E-state index in [0.717, 1.165) is 84.3 Å². The van der Waals surface area contributed by atoms with Gasteiger partial charge in [0.1, 0.15) is 17.9 Å². The van der Waals surface area contributed by atoms with Gasteiger partial charge in [0.25, 0.3) is 11.8 Å². The lowest BCUT2D eigenvalue weighted by atomic mass is 9.72. The Balaban J connectivity index is 1.27. The largest absolute Gasteiger partial charge is 0.434 e. The van der Waals surface area contributed by atoms with Crippen LogP contribution in [0, 0.1) is 11.2 Å². The Morgan fingerprint density at radius 3 is 2.69 bits per heavy atom. The van der Waals surface area contributed by atoms with Crippen LogP contribution in [0.5, 0.6) is 11.6 Å². The van der Waals surface area contributed by atoms with Gasteiger partial charge in [0.2, 0.25) is 0 Å². The lowest BCUT2D eigenvalue weighted by Gasteiger charge is -2.54. The summed E-state index contributed by atoms with van der Waals surface area (Å²) in [7, 11) is 0. The van der Waals surface area contributed by atoms with Gasteiger partial charge < -0.3 is 19.9 Å². The number of amides is 1. The topological polar surface area (TPSA) is 86.7 Å². The van der Waals surface area contributed by atoms with E-state index >= 15 is 0 Å². The SMILES string of the molecule is CCCCC(C)N(C(=O)c1cc(F)ccc1Oc1nncnc1N1CC2(CCN(CC3=CCNCC3)CC2)C1)C(C)C. The number of ether oxygens (including phenoxy) is 1. The Bertz CT molecular complexity index is 1250. The molecule has 0 radical (unpaired) electrons. The van der Waals surface area contributed by atoms with Crippen molar-refractivity contribution in [3.63, 3.8) is 0 Å². The Morgan fingerprint density at radius 1 is 1.21 bits per heavy atom. The normalized spacial score (nSPS) is 19.4. The minimum atomic E-state index is -0.486. The predicted octanol–water partition coefficient (Wildman–Crippen LogP) is 5.05. The molecule has 42 heavy (non-hydrogen) atoms. The Kier molecular flexibility index (Phi) is 9.73. The number of carbonyl (C=O) groups excluding carboxylic acids is 1. The first-order valence-corrected chi connectivity index (χ1v) is 15.6. The second-order valence-electron chi connectivity index (χ2n) is 12.6. The Labute approximate surface area is 249 Å². The number of piperidine rings is 1. The first-order valence-electron chi connectivity index (χ1n) is 15.6. The third kappa shape index (κ3) is 6.92. The molecule has 9 nitrogen and oxygen atoms in total. The van der Waals surface area contributed by atoms with Crippen LogP contribution in [0.25, 0.3) is 0 Å². The van der Waals surface area contributed by atoms with E-state index in [0.29, 0.717) is 5.82 Å². The van der Waals surface area contributed by atoms with Gasteiger partial charge in [-0.2, -0.15) is 0 Å². The average molecular weight is 580 g/mol. The number of nitrogens with one attached hydrogen (secondary N) is 1. The quantitative estimate of drug-likeness (QED) is 0.370. The molecule has 1 unspecified atom stereocenters. The summed E-state index contributed by atoms with van der Waals surface area (Å²) in [5.41, 5.74) is 2.00. The third-order valence-electron chi connectivity index (χ3n) is 9.04. The van der Waals surface area contributed by atoms with Crippen LogP contribution >= 0.6 is 0 Å². The fourth-order valence-electron chi connectivity index (χ4n) is 6.64. The highest BCUT2D eigenvalue weighted by Crippen LogP contribution is 2.44. The molecule has 2 aromatic rings. The van der Waals surface area contributed by atoms with Crippen LogP contribution in [-0.2, 0) is 0 Å². The Hall–Kier alpha value is -3.11. The molecule has 1 N–H and O–H groups in total. The average Bonchev–Trinajstić information content (AvgIpc) is 2.97. The molecule has 228 valence electrons. The number of hydrogen-bond acceptors (Lipinski definition) is 8. The summed E-state index contributed by atoms with van der Waals surface area (Å²) in [5, 5.41) is 11.6. The van der Waals surface area contributed by atoms with Crippen LogP contribution in [0.15, 0.2) is 36.2 Å². The molecule has 0 saturated carbocycles. The molecule has 3 aliphatic heterocycles. The monoisotopic (exact) mass is 579 g/mol. The standard InChI is InChI=1S/C32H46FN7O2/c1-5-6-7-24(4)40(23(2)3)31(41)27-18-26(33)8-9-28(27)42-30-29(35-22-36-37-30)39-20-32(21-39)12-16-38(17-13-32)19-25-10-14-34-15-11-25/h8-10,18,22-24,34H,5-7,11-17,19-21H2,1-4H3. The summed E-state index contributed by atoms with van der Waals surface area (Å²) in [6.45, 7) is 15.3. The van der Waals surface area contributed by atoms with Crippen molar-refractivity contribution in [3.8, 4) is 11.6 Å². The molecule has 1 aromatic carbocycles. The van der Waals surface area contributed by atoms with Gasteiger partial charge in [-0.3, -0.25) is 9.69 Å². The molecule has 5 rings (SSSR count). The van der Waals surface area contributed by atoms with E-state index < -0.39 is 5.82 Å². The van der Waals surface area contributed by atoms with Crippen molar-refractivity contribution in [1.82, 2.24) is 30.3 Å². The van der Waals surface area contributed by atoms with E-state index in [9.17, 15) is 9.18 Å². The number of unbranched alkanes of at least 4 members (excludes halogenated alkanes) is 1. The van der Waals surface area contributed by atoms with E-state index in [1.165, 1.54) is 24.5 Å². The number of aromatic nitrogens is 3. The molecule has 4 heterocycles. The predicted molar refractivity (Wildman–Crippen MR) is 162 cm³/mol. The molecule has 3 aliphatic rings. The van der Waals surface area contributed by atoms with Crippen molar-refractivity contribution < 1.29 is 13.9 Å². The third-order valence-corrected chi connectivity index (χ3v) is 9.04. The molecular formula is C32H46FN7O2. The van der Waals surface area contributed by atoms with Gasteiger partial charge in [0, 0.05) is 43.7 Å². The lowest BCUT2D eigenvalue weighted by Crippen LogP contribution is -2.61. The van der Waals surface area contributed by atoms with Crippen LogP contribution in [0.2, 0.25) is 0 Å². The van der Waals surface area contributed by atoms with Gasteiger partial charge in [-0.05, 0) is 84.3 Å². The summed E-state index contributed by atoms with van der Waals surface area (Å²) < 4.78 is 20.7. The molecule has 1 aromatic heterocycles. The number of nitrogens with zero attached hydrogens (tertiary/aromatic N) is 6. The molecular weight excluding hydrogens is 533 g/mol. The molecule has 1 amide bonds. The van der Waals surface area contributed by atoms with Gasteiger partial charge in [-0.15, -0.1) is 10.2 Å². The first-order chi connectivity index (χ1) is 20.3. The maximum absolute atomic E-state index is 14.5. The minimum absolute atomic E-state index is 0.0161. The number of halogens is 1. The van der Waals surface area contributed by atoms with E-state index in [1.54, 1.807) is 5.57 Å². The minimum Gasteiger partial charge on any atom is -0.434 e. The number of benzene rings is 1. The molecule has 0 bridgehead atoms. The smallest absolute Gasteiger partial charge is 0.282 e. The zero-order chi connectivity index (χ0) is 29.7. The van der Waals surface area contributed by atoms with E-state index in [2.05, 4.69) is 43.3 Å². The summed E-state index contributed by atoms with van der Waals surface area (Å²) in [6.07, 6.45) is 10.2. The number of rotatable bonds is 11. The highest BCUT2D eigenvalue weighted by atomic mass is 19.1. The molecule has 2 fully saturated rings. The fraction of sp³-hybridized carbons (Fsp3) is 0.625.